The predicted octanol–water partition coefficient (Wildman–Crippen LogP) is 2.27. The number of hydrogen-bond acceptors (Lipinski definition) is 5. The molecule has 154 valence electrons. The lowest BCUT2D eigenvalue weighted by Crippen LogP contribution is -2.76. The quantitative estimate of drug-likeness (QED) is 0.719. The summed E-state index contributed by atoms with van der Waals surface area (Å²) in [5.41, 5.74) is -1.48. The Morgan fingerprint density at radius 2 is 1.48 bits per heavy atom. The van der Waals surface area contributed by atoms with Crippen molar-refractivity contribution in [2.45, 2.75) is 40.3 Å². The molecule has 2 bridgehead atoms. The van der Waals surface area contributed by atoms with Gasteiger partial charge in [0.25, 0.3) is 15.9 Å². The summed E-state index contributed by atoms with van der Waals surface area (Å²) in [6.45, 7) is 0. The van der Waals surface area contributed by atoms with Crippen LogP contribution in [0.25, 0.3) is 0 Å². The van der Waals surface area contributed by atoms with Gasteiger partial charge in [0, 0.05) is 31.1 Å². The van der Waals surface area contributed by atoms with Gasteiger partial charge >= 0.3 is 0 Å². The van der Waals surface area contributed by atoms with E-state index in [4.69, 9.17) is 0 Å². The first-order chi connectivity index (χ1) is 13.4. The van der Waals surface area contributed by atoms with E-state index in [1.54, 1.807) is 12.1 Å². The number of anilines is 1. The predicted molar refractivity (Wildman–Crippen MR) is 105 cm³/mol. The van der Waals surface area contributed by atoms with E-state index in [0.29, 0.717) is 0 Å². The lowest BCUT2D eigenvalue weighted by atomic mass is 9.47. The molecule has 3 saturated carbocycles. The summed E-state index contributed by atoms with van der Waals surface area (Å²) >= 11 is 0. The highest BCUT2D eigenvalue weighted by atomic mass is 32.2. The monoisotopic (exact) mass is 438 g/mol. The Kier molecular flexibility index (Phi) is 4.29. The molecule has 0 saturated heterocycles. The van der Waals surface area contributed by atoms with Crippen molar-refractivity contribution in [3.05, 3.63) is 54.1 Å². The second-order valence-corrected chi connectivity index (χ2v) is 11.5. The molecule has 0 aromatic heterocycles. The first-order valence-corrected chi connectivity index (χ1v) is 12.2. The van der Waals surface area contributed by atoms with Crippen LogP contribution in [0.2, 0.25) is 0 Å². The van der Waals surface area contributed by atoms with Crippen molar-refractivity contribution in [2.75, 3.05) is 11.0 Å². The number of para-hydroxylation sites is 1. The van der Waals surface area contributed by atoms with Gasteiger partial charge in [-0.05, 0) is 36.4 Å². The molecule has 7 nitrogen and oxygen atoms in total. The fraction of sp³-hybridized carbons (Fsp3) is 0.316. The maximum absolute atomic E-state index is 13.7. The second kappa shape index (κ2) is 6.27. The van der Waals surface area contributed by atoms with E-state index in [9.17, 15) is 26.0 Å². The first kappa shape index (κ1) is 19.8. The van der Waals surface area contributed by atoms with Gasteiger partial charge in [0.05, 0.1) is 21.0 Å². The third-order valence-corrected chi connectivity index (χ3v) is 7.83. The van der Waals surface area contributed by atoms with Gasteiger partial charge in [0.1, 0.15) is 5.67 Å². The van der Waals surface area contributed by atoms with Gasteiger partial charge in [0.15, 0.2) is 9.84 Å². The number of halogens is 1. The third kappa shape index (κ3) is 3.62. The molecule has 3 aliphatic rings. The fourth-order valence-electron chi connectivity index (χ4n) is 3.94. The number of rotatable bonds is 6. The topological polar surface area (TPSA) is 109 Å². The number of sulfonamides is 1. The van der Waals surface area contributed by atoms with E-state index < -0.39 is 37.0 Å². The summed E-state index contributed by atoms with van der Waals surface area (Å²) in [7, 11) is -7.50. The van der Waals surface area contributed by atoms with Crippen LogP contribution < -0.4 is 10.0 Å². The number of amides is 1. The van der Waals surface area contributed by atoms with Crippen LogP contribution in [0.5, 0.6) is 0 Å². The van der Waals surface area contributed by atoms with Gasteiger partial charge in [0.2, 0.25) is 0 Å². The van der Waals surface area contributed by atoms with Crippen molar-refractivity contribution in [1.82, 2.24) is 5.32 Å². The number of carbonyl (C=O) groups is 1. The Morgan fingerprint density at radius 3 is 2.03 bits per heavy atom. The Morgan fingerprint density at radius 1 is 0.931 bits per heavy atom. The normalized spacial score (nSPS) is 25.4. The van der Waals surface area contributed by atoms with Gasteiger partial charge in [-0.15, -0.1) is 0 Å². The molecule has 3 aliphatic carbocycles. The van der Waals surface area contributed by atoms with Gasteiger partial charge < -0.3 is 5.32 Å². The van der Waals surface area contributed by atoms with E-state index in [1.807, 2.05) is 0 Å². The minimum absolute atomic E-state index is 0.000389. The zero-order chi connectivity index (χ0) is 21.1. The van der Waals surface area contributed by atoms with Crippen LogP contribution in [0.3, 0.4) is 0 Å². The van der Waals surface area contributed by atoms with E-state index in [-0.39, 0.29) is 40.3 Å². The van der Waals surface area contributed by atoms with Gasteiger partial charge in [-0.2, -0.15) is 0 Å². The highest BCUT2D eigenvalue weighted by Gasteiger charge is 2.69. The van der Waals surface area contributed by atoms with E-state index in [2.05, 4.69) is 10.0 Å². The van der Waals surface area contributed by atoms with E-state index in [1.165, 1.54) is 36.4 Å². The minimum atomic E-state index is -4.05. The molecule has 0 unspecified atom stereocenters. The lowest BCUT2D eigenvalue weighted by molar-refractivity contribution is -0.162. The molecule has 10 heteroatoms. The molecule has 2 N–H and O–H groups in total. The molecule has 5 rings (SSSR count). The van der Waals surface area contributed by atoms with Crippen LogP contribution in [-0.2, 0) is 19.9 Å². The summed E-state index contributed by atoms with van der Waals surface area (Å²) in [5, 5.41) is 2.81. The molecule has 0 atom stereocenters. The number of benzene rings is 2. The molecule has 2 aromatic rings. The van der Waals surface area contributed by atoms with Crippen molar-refractivity contribution in [1.29, 1.82) is 0 Å². The summed E-state index contributed by atoms with van der Waals surface area (Å²) in [6.07, 6.45) is 1.88. The average Bonchev–Trinajstić information content (AvgIpc) is 2.59. The number of sulfone groups is 1. The SMILES string of the molecule is CS(=O)(=O)c1ccc(S(=O)(=O)Nc2ccccc2C(=O)NC23CC(F)(C2)C3)cc1. The van der Waals surface area contributed by atoms with Crippen LogP contribution in [-0.4, -0.2) is 40.2 Å². The highest BCUT2D eigenvalue weighted by molar-refractivity contribution is 7.92. The number of alkyl halides is 1. The molecule has 2 aromatic carbocycles. The van der Waals surface area contributed by atoms with Crippen molar-refractivity contribution >= 4 is 31.5 Å². The summed E-state index contributed by atoms with van der Waals surface area (Å²) in [4.78, 5) is 12.5. The van der Waals surface area contributed by atoms with Gasteiger partial charge in [-0.3, -0.25) is 9.52 Å². The summed E-state index contributed by atoms with van der Waals surface area (Å²) < 4.78 is 64.5. The maximum atomic E-state index is 13.7. The second-order valence-electron chi connectivity index (χ2n) is 7.81. The molecule has 0 aliphatic heterocycles. The van der Waals surface area contributed by atoms with Crippen molar-refractivity contribution < 1.29 is 26.0 Å². The van der Waals surface area contributed by atoms with E-state index in [0.717, 1.165) is 6.26 Å². The highest BCUT2D eigenvalue weighted by Crippen LogP contribution is 2.63. The summed E-state index contributed by atoms with van der Waals surface area (Å²) in [5.74, 6) is -0.475. The molecule has 29 heavy (non-hydrogen) atoms. The average molecular weight is 439 g/mol. The van der Waals surface area contributed by atoms with Gasteiger partial charge in [-0.25, -0.2) is 21.2 Å². The van der Waals surface area contributed by atoms with Crippen LogP contribution in [0.1, 0.15) is 29.6 Å². The molecule has 0 radical (unpaired) electrons. The Balaban J connectivity index is 1.55. The van der Waals surface area contributed by atoms with Crippen molar-refractivity contribution in [2.24, 2.45) is 0 Å². The molecular formula is C19H19FN2O5S2. The smallest absolute Gasteiger partial charge is 0.261 e. The van der Waals surface area contributed by atoms with E-state index >= 15 is 0 Å². The van der Waals surface area contributed by atoms with Crippen LogP contribution in [0.4, 0.5) is 10.1 Å². The van der Waals surface area contributed by atoms with Crippen molar-refractivity contribution in [3.63, 3.8) is 0 Å². The Bertz CT molecular complexity index is 1190. The van der Waals surface area contributed by atoms with Crippen LogP contribution in [0.15, 0.2) is 58.3 Å². The zero-order valence-electron chi connectivity index (χ0n) is 15.5. The van der Waals surface area contributed by atoms with Gasteiger partial charge in [-0.1, -0.05) is 12.1 Å². The molecule has 0 spiro atoms. The minimum Gasteiger partial charge on any atom is -0.346 e. The first-order valence-electron chi connectivity index (χ1n) is 8.85. The maximum Gasteiger partial charge on any atom is 0.261 e. The lowest BCUT2D eigenvalue weighted by Gasteiger charge is -2.65. The fourth-order valence-corrected chi connectivity index (χ4v) is 5.65. The van der Waals surface area contributed by atoms with Crippen LogP contribution in [0, 0.1) is 0 Å². The standard InChI is InChI=1S/C19H19FN2O5S2/c1-28(24,25)13-6-8-14(9-7-13)29(26,27)22-16-5-3-2-4-15(16)17(23)21-19-10-18(20,11-19)12-19/h2-9,22H,10-12H2,1H3,(H,21,23). The number of nitrogens with one attached hydrogen (secondary N) is 2. The Labute approximate surface area is 168 Å². The molecule has 3 fully saturated rings. The molecular weight excluding hydrogens is 419 g/mol. The van der Waals surface area contributed by atoms with Crippen molar-refractivity contribution in [3.8, 4) is 0 Å². The molecule has 1 amide bonds. The number of carbonyl (C=O) groups excluding carboxylic acids is 1. The molecule has 0 heterocycles. The third-order valence-electron chi connectivity index (χ3n) is 5.32. The largest absolute Gasteiger partial charge is 0.346 e. The zero-order valence-corrected chi connectivity index (χ0v) is 17.1. The summed E-state index contributed by atoms with van der Waals surface area (Å²) in [6, 6.07) is 10.9. The van der Waals surface area contributed by atoms with Crippen LogP contribution >= 0.6 is 0 Å². The number of hydrogen-bond donors (Lipinski definition) is 2. The Hall–Kier alpha value is -2.46.